The van der Waals surface area contributed by atoms with Crippen molar-refractivity contribution in [2.75, 3.05) is 5.32 Å². The third-order valence-electron chi connectivity index (χ3n) is 3.82. The van der Waals surface area contributed by atoms with Gasteiger partial charge in [-0.3, -0.25) is 9.59 Å². The number of carboxylic acids is 1. The molecule has 0 aliphatic heterocycles. The Bertz CT molecular complexity index is 543. The Labute approximate surface area is 118 Å². The largest absolute Gasteiger partial charge is 0.481 e. The molecule has 0 aromatic heterocycles. The molecule has 2 N–H and O–H groups in total. The summed E-state index contributed by atoms with van der Waals surface area (Å²) in [6.07, 6.45) is 4.61. The van der Waals surface area contributed by atoms with E-state index < -0.39 is 17.8 Å². The Morgan fingerprint density at radius 1 is 1.10 bits per heavy atom. The fourth-order valence-electron chi connectivity index (χ4n) is 2.60. The van der Waals surface area contributed by atoms with Gasteiger partial charge in [0.2, 0.25) is 5.91 Å². The molecule has 106 valence electrons. The van der Waals surface area contributed by atoms with Crippen molar-refractivity contribution >= 4 is 17.6 Å². The Morgan fingerprint density at radius 3 is 2.20 bits per heavy atom. The molecule has 1 aromatic carbocycles. The van der Waals surface area contributed by atoms with Crippen molar-refractivity contribution in [2.24, 2.45) is 11.8 Å². The van der Waals surface area contributed by atoms with Crippen LogP contribution in [0.15, 0.2) is 30.4 Å². The molecule has 0 radical (unpaired) electrons. The van der Waals surface area contributed by atoms with Crippen molar-refractivity contribution in [3.63, 3.8) is 0 Å². The topological polar surface area (TPSA) is 66.4 Å². The second-order valence-corrected chi connectivity index (χ2v) is 5.25. The zero-order chi connectivity index (χ0) is 14.7. The van der Waals surface area contributed by atoms with Gasteiger partial charge in [-0.25, -0.2) is 0 Å². The van der Waals surface area contributed by atoms with Crippen molar-refractivity contribution in [3.8, 4) is 0 Å². The molecule has 1 aliphatic carbocycles. The summed E-state index contributed by atoms with van der Waals surface area (Å²) in [6.45, 7) is 3.86. The van der Waals surface area contributed by atoms with Gasteiger partial charge in [0, 0.05) is 5.69 Å². The maximum Gasteiger partial charge on any atom is 0.307 e. The molecule has 2 atom stereocenters. The predicted octanol–water partition coefficient (Wildman–Crippen LogP) is 2.91. The van der Waals surface area contributed by atoms with Crippen molar-refractivity contribution < 1.29 is 14.7 Å². The van der Waals surface area contributed by atoms with Crippen LogP contribution in [-0.4, -0.2) is 17.0 Å². The van der Waals surface area contributed by atoms with Crippen LogP contribution in [-0.2, 0) is 9.59 Å². The second-order valence-electron chi connectivity index (χ2n) is 5.25. The van der Waals surface area contributed by atoms with Crippen LogP contribution in [0.1, 0.15) is 24.0 Å². The van der Waals surface area contributed by atoms with Gasteiger partial charge < -0.3 is 10.4 Å². The fourth-order valence-corrected chi connectivity index (χ4v) is 2.60. The number of nitrogens with one attached hydrogen (secondary N) is 1. The molecule has 4 nitrogen and oxygen atoms in total. The number of rotatable bonds is 3. The van der Waals surface area contributed by atoms with E-state index in [1.54, 1.807) is 0 Å². The van der Waals surface area contributed by atoms with Crippen LogP contribution >= 0.6 is 0 Å². The summed E-state index contributed by atoms with van der Waals surface area (Å²) >= 11 is 0. The Hall–Kier alpha value is -2.10. The van der Waals surface area contributed by atoms with E-state index in [0.29, 0.717) is 12.8 Å². The summed E-state index contributed by atoms with van der Waals surface area (Å²) in [6, 6.07) is 5.79. The van der Waals surface area contributed by atoms with Gasteiger partial charge in [-0.15, -0.1) is 0 Å². The van der Waals surface area contributed by atoms with Gasteiger partial charge in [-0.05, 0) is 37.8 Å². The normalized spacial score (nSPS) is 21.5. The number of anilines is 1. The number of benzene rings is 1. The lowest BCUT2D eigenvalue weighted by Gasteiger charge is -2.25. The lowest BCUT2D eigenvalue weighted by Crippen LogP contribution is -2.35. The van der Waals surface area contributed by atoms with Crippen molar-refractivity contribution in [1.29, 1.82) is 0 Å². The number of hydrogen-bond donors (Lipinski definition) is 2. The molecular weight excluding hydrogens is 254 g/mol. The van der Waals surface area contributed by atoms with Gasteiger partial charge in [0.25, 0.3) is 0 Å². The van der Waals surface area contributed by atoms with E-state index in [9.17, 15) is 14.7 Å². The van der Waals surface area contributed by atoms with E-state index >= 15 is 0 Å². The van der Waals surface area contributed by atoms with Crippen LogP contribution in [0.25, 0.3) is 0 Å². The first-order valence-electron chi connectivity index (χ1n) is 6.75. The van der Waals surface area contributed by atoms with Crippen LogP contribution in [0.4, 0.5) is 5.69 Å². The minimum atomic E-state index is -0.906. The molecule has 0 unspecified atom stereocenters. The molecule has 2 rings (SSSR count). The number of carboxylic acid groups (broad SMARTS) is 1. The number of carbonyl (C=O) groups is 2. The van der Waals surface area contributed by atoms with Crippen LogP contribution < -0.4 is 5.32 Å². The maximum atomic E-state index is 12.4. The van der Waals surface area contributed by atoms with E-state index in [4.69, 9.17) is 0 Å². The number of aliphatic carboxylic acids is 1. The molecule has 1 aromatic rings. The van der Waals surface area contributed by atoms with Crippen molar-refractivity contribution in [1.82, 2.24) is 0 Å². The smallest absolute Gasteiger partial charge is 0.307 e. The average molecular weight is 273 g/mol. The Morgan fingerprint density at radius 2 is 1.65 bits per heavy atom. The zero-order valence-corrected chi connectivity index (χ0v) is 11.7. The minimum Gasteiger partial charge on any atom is -0.481 e. The first kappa shape index (κ1) is 14.3. The summed E-state index contributed by atoms with van der Waals surface area (Å²) in [5.74, 6) is -2.25. The number of amides is 1. The van der Waals surface area contributed by atoms with Gasteiger partial charge in [0.1, 0.15) is 0 Å². The predicted molar refractivity (Wildman–Crippen MR) is 77.5 cm³/mol. The quantitative estimate of drug-likeness (QED) is 0.832. The van der Waals surface area contributed by atoms with Gasteiger partial charge in [-0.1, -0.05) is 30.4 Å². The lowest BCUT2D eigenvalue weighted by atomic mass is 9.82. The second kappa shape index (κ2) is 5.90. The molecule has 1 amide bonds. The molecule has 1 aliphatic rings. The monoisotopic (exact) mass is 273 g/mol. The van der Waals surface area contributed by atoms with E-state index in [1.807, 2.05) is 44.2 Å². The number of aryl methyl sites for hydroxylation is 2. The van der Waals surface area contributed by atoms with Gasteiger partial charge >= 0.3 is 5.97 Å². The standard InChI is InChI=1S/C16H19NO3/c1-10-6-5-7-11(2)14(10)17-15(18)12-8-3-4-9-13(12)16(19)20/h3-7,12-13H,8-9H2,1-2H3,(H,17,18)(H,19,20)/t12-,13-/m0/s1. The summed E-state index contributed by atoms with van der Waals surface area (Å²) < 4.78 is 0. The number of para-hydroxylation sites is 1. The SMILES string of the molecule is Cc1cccc(C)c1NC(=O)[C@H]1CC=CC[C@@H]1C(=O)O. The first-order chi connectivity index (χ1) is 9.50. The summed E-state index contributed by atoms with van der Waals surface area (Å²) in [5, 5.41) is 12.1. The van der Waals surface area contributed by atoms with Crippen molar-refractivity contribution in [3.05, 3.63) is 41.5 Å². The van der Waals surface area contributed by atoms with Gasteiger partial charge in [0.05, 0.1) is 11.8 Å². The average Bonchev–Trinajstić information content (AvgIpc) is 2.43. The van der Waals surface area contributed by atoms with Crippen molar-refractivity contribution in [2.45, 2.75) is 26.7 Å². The zero-order valence-electron chi connectivity index (χ0n) is 11.7. The van der Waals surface area contributed by atoms with Gasteiger partial charge in [-0.2, -0.15) is 0 Å². The highest BCUT2D eigenvalue weighted by atomic mass is 16.4. The van der Waals surface area contributed by atoms with E-state index in [1.165, 1.54) is 0 Å². The number of carbonyl (C=O) groups excluding carboxylic acids is 1. The molecule has 4 heteroatoms. The molecule has 0 spiro atoms. The van der Waals surface area contributed by atoms with E-state index in [2.05, 4.69) is 5.32 Å². The highest BCUT2D eigenvalue weighted by molar-refractivity contribution is 5.96. The van der Waals surface area contributed by atoms with Crippen LogP contribution in [0.5, 0.6) is 0 Å². The van der Waals surface area contributed by atoms with Crippen LogP contribution in [0.3, 0.4) is 0 Å². The Balaban J connectivity index is 2.19. The molecular formula is C16H19NO3. The third kappa shape index (κ3) is 2.90. The lowest BCUT2D eigenvalue weighted by molar-refractivity contribution is -0.146. The fraction of sp³-hybridized carbons (Fsp3) is 0.375. The molecule has 0 saturated heterocycles. The van der Waals surface area contributed by atoms with E-state index in [0.717, 1.165) is 16.8 Å². The number of hydrogen-bond acceptors (Lipinski definition) is 2. The molecule has 0 fully saturated rings. The van der Waals surface area contributed by atoms with Crippen LogP contribution in [0, 0.1) is 25.7 Å². The first-order valence-corrected chi connectivity index (χ1v) is 6.75. The molecule has 0 bridgehead atoms. The Kier molecular flexibility index (Phi) is 4.23. The maximum absolute atomic E-state index is 12.4. The number of allylic oxidation sites excluding steroid dienone is 2. The van der Waals surface area contributed by atoms with Gasteiger partial charge in [0.15, 0.2) is 0 Å². The third-order valence-corrected chi connectivity index (χ3v) is 3.82. The summed E-state index contributed by atoms with van der Waals surface area (Å²) in [5.41, 5.74) is 2.75. The summed E-state index contributed by atoms with van der Waals surface area (Å²) in [7, 11) is 0. The van der Waals surface area contributed by atoms with Crippen LogP contribution in [0.2, 0.25) is 0 Å². The highest BCUT2D eigenvalue weighted by Crippen LogP contribution is 2.28. The molecule has 0 saturated carbocycles. The van der Waals surface area contributed by atoms with E-state index in [-0.39, 0.29) is 5.91 Å². The highest BCUT2D eigenvalue weighted by Gasteiger charge is 2.34. The molecule has 20 heavy (non-hydrogen) atoms. The summed E-state index contributed by atoms with van der Waals surface area (Å²) in [4.78, 5) is 23.6. The molecule has 0 heterocycles. The minimum absolute atomic E-state index is 0.209.